The zero-order valence-electron chi connectivity index (χ0n) is 15.0. The largest absolute Gasteiger partial charge is 0.375 e. The number of carbonyl (C=O) groups excluding carboxylic acids is 1. The number of hydrogen-bond donors (Lipinski definition) is 1. The Morgan fingerprint density at radius 2 is 1.92 bits per heavy atom. The van der Waals surface area contributed by atoms with E-state index in [4.69, 9.17) is 4.74 Å². The molecule has 5 heteroatoms. The maximum Gasteiger partial charge on any atom is 0.225 e. The Morgan fingerprint density at radius 3 is 2.64 bits per heavy atom. The summed E-state index contributed by atoms with van der Waals surface area (Å²) in [5, 5.41) is 3.30. The highest BCUT2D eigenvalue weighted by Crippen LogP contribution is 2.26. The molecule has 2 fully saturated rings. The Morgan fingerprint density at radius 1 is 1.12 bits per heavy atom. The number of carbonyl (C=O) groups is 1. The summed E-state index contributed by atoms with van der Waals surface area (Å²) in [7, 11) is 0. The summed E-state index contributed by atoms with van der Waals surface area (Å²) < 4.78 is 5.69. The average Bonchev–Trinajstić information content (AvgIpc) is 2.91. The molecule has 1 aromatic carbocycles. The summed E-state index contributed by atoms with van der Waals surface area (Å²) in [4.78, 5) is 17.3. The molecule has 0 spiro atoms. The predicted octanol–water partition coefficient (Wildman–Crippen LogP) is 1.07. The smallest absolute Gasteiger partial charge is 0.225 e. The van der Waals surface area contributed by atoms with Gasteiger partial charge in [-0.15, -0.1) is 0 Å². The molecule has 2 heterocycles. The standard InChI is InChI=1S/C20H29N3O2/c24-20(14-19-15-21-6-11-25-19)23-8-3-7-22(9-10-23)18-12-16-4-1-2-5-17(16)13-18/h1-2,4-5,18-19,21H,3,6-15H2/t19-/m1/s1. The highest BCUT2D eigenvalue weighted by molar-refractivity contribution is 5.76. The molecule has 2 saturated heterocycles. The van der Waals surface area contributed by atoms with Crippen molar-refractivity contribution in [2.45, 2.75) is 37.8 Å². The number of ether oxygens (including phenoxy) is 1. The zero-order chi connectivity index (χ0) is 17.1. The fraction of sp³-hybridized carbons (Fsp3) is 0.650. The molecule has 1 aliphatic carbocycles. The first-order chi connectivity index (χ1) is 12.3. The molecule has 0 bridgehead atoms. The van der Waals surface area contributed by atoms with Gasteiger partial charge in [0.2, 0.25) is 5.91 Å². The van der Waals surface area contributed by atoms with E-state index in [1.165, 1.54) is 11.1 Å². The summed E-state index contributed by atoms with van der Waals surface area (Å²) in [6.07, 6.45) is 3.95. The van der Waals surface area contributed by atoms with Crippen LogP contribution in [-0.2, 0) is 22.4 Å². The third kappa shape index (κ3) is 4.05. The molecule has 5 nitrogen and oxygen atoms in total. The van der Waals surface area contributed by atoms with Crippen LogP contribution in [0.5, 0.6) is 0 Å². The van der Waals surface area contributed by atoms with Gasteiger partial charge in [0, 0.05) is 45.3 Å². The molecule has 1 amide bonds. The van der Waals surface area contributed by atoms with E-state index in [2.05, 4.69) is 39.4 Å². The van der Waals surface area contributed by atoms with Crippen molar-refractivity contribution in [1.29, 1.82) is 0 Å². The van der Waals surface area contributed by atoms with Crippen molar-refractivity contribution in [2.75, 3.05) is 45.9 Å². The summed E-state index contributed by atoms with van der Waals surface area (Å²) in [5.74, 6) is 0.255. The number of morpholine rings is 1. The molecule has 0 saturated carbocycles. The van der Waals surface area contributed by atoms with Crippen LogP contribution in [0.1, 0.15) is 24.0 Å². The summed E-state index contributed by atoms with van der Waals surface area (Å²) in [5.41, 5.74) is 3.01. The van der Waals surface area contributed by atoms with Gasteiger partial charge >= 0.3 is 0 Å². The number of amides is 1. The van der Waals surface area contributed by atoms with Crippen molar-refractivity contribution < 1.29 is 9.53 Å². The van der Waals surface area contributed by atoms with Crippen LogP contribution in [0.15, 0.2) is 24.3 Å². The van der Waals surface area contributed by atoms with Gasteiger partial charge in [-0.25, -0.2) is 0 Å². The van der Waals surface area contributed by atoms with Crippen LogP contribution in [0.4, 0.5) is 0 Å². The van der Waals surface area contributed by atoms with Gasteiger partial charge in [0.25, 0.3) is 0 Å². The minimum atomic E-state index is 0.0462. The molecule has 136 valence electrons. The maximum atomic E-state index is 12.6. The van der Waals surface area contributed by atoms with E-state index in [1.807, 2.05) is 0 Å². The third-order valence-corrected chi connectivity index (χ3v) is 5.84. The van der Waals surface area contributed by atoms with Crippen molar-refractivity contribution in [2.24, 2.45) is 0 Å². The van der Waals surface area contributed by atoms with Gasteiger partial charge in [0.05, 0.1) is 19.1 Å². The lowest BCUT2D eigenvalue weighted by atomic mass is 10.1. The Kier molecular flexibility index (Phi) is 5.34. The first kappa shape index (κ1) is 17.0. The number of nitrogens with one attached hydrogen (secondary N) is 1. The lowest BCUT2D eigenvalue weighted by Gasteiger charge is -2.28. The SMILES string of the molecule is O=C(C[C@@H]1CNCCO1)N1CCCN(C2Cc3ccccc3C2)CC1. The second-order valence-electron chi connectivity index (χ2n) is 7.50. The van der Waals surface area contributed by atoms with Crippen molar-refractivity contribution >= 4 is 5.91 Å². The lowest BCUT2D eigenvalue weighted by molar-refractivity contribution is -0.134. The normalized spacial score (nSPS) is 25.6. The molecular formula is C20H29N3O2. The molecule has 3 aliphatic rings. The Labute approximate surface area is 150 Å². The van der Waals surface area contributed by atoms with Gasteiger partial charge in [0.15, 0.2) is 0 Å². The molecule has 1 atom stereocenters. The molecular weight excluding hydrogens is 314 g/mol. The van der Waals surface area contributed by atoms with Crippen molar-refractivity contribution in [1.82, 2.24) is 15.1 Å². The molecule has 25 heavy (non-hydrogen) atoms. The predicted molar refractivity (Wildman–Crippen MR) is 97.6 cm³/mol. The minimum absolute atomic E-state index is 0.0462. The van der Waals surface area contributed by atoms with Crippen LogP contribution in [0.3, 0.4) is 0 Å². The van der Waals surface area contributed by atoms with Gasteiger partial charge in [0.1, 0.15) is 0 Å². The van der Waals surface area contributed by atoms with Crippen molar-refractivity contribution in [3.63, 3.8) is 0 Å². The van der Waals surface area contributed by atoms with Crippen LogP contribution in [0, 0.1) is 0 Å². The number of benzene rings is 1. The first-order valence-electron chi connectivity index (χ1n) is 9.70. The van der Waals surface area contributed by atoms with Gasteiger partial charge in [-0.2, -0.15) is 0 Å². The van der Waals surface area contributed by atoms with Gasteiger partial charge in [-0.1, -0.05) is 24.3 Å². The van der Waals surface area contributed by atoms with Crippen molar-refractivity contribution in [3.05, 3.63) is 35.4 Å². The summed E-state index contributed by atoms with van der Waals surface area (Å²) in [6.45, 7) is 6.24. The van der Waals surface area contributed by atoms with E-state index in [1.54, 1.807) is 0 Å². The van der Waals surface area contributed by atoms with E-state index in [9.17, 15) is 4.79 Å². The number of fused-ring (bicyclic) bond motifs is 1. The highest BCUT2D eigenvalue weighted by Gasteiger charge is 2.29. The second kappa shape index (κ2) is 7.85. The molecule has 4 rings (SSSR count). The molecule has 1 N–H and O–H groups in total. The molecule has 1 aromatic rings. The molecule has 0 unspecified atom stereocenters. The molecule has 2 aliphatic heterocycles. The number of hydrogen-bond acceptors (Lipinski definition) is 4. The molecule has 0 radical (unpaired) electrons. The van der Waals surface area contributed by atoms with Crippen LogP contribution in [-0.4, -0.2) is 73.7 Å². The zero-order valence-corrected chi connectivity index (χ0v) is 15.0. The highest BCUT2D eigenvalue weighted by atomic mass is 16.5. The number of rotatable bonds is 3. The summed E-state index contributed by atoms with van der Waals surface area (Å²) >= 11 is 0. The van der Waals surface area contributed by atoms with Gasteiger partial charge in [-0.3, -0.25) is 9.69 Å². The fourth-order valence-electron chi connectivity index (χ4n) is 4.42. The van der Waals surface area contributed by atoms with Gasteiger partial charge < -0.3 is 15.0 Å². The number of nitrogens with zero attached hydrogens (tertiary/aromatic N) is 2. The van der Waals surface area contributed by atoms with Crippen LogP contribution < -0.4 is 5.32 Å². The van der Waals surface area contributed by atoms with E-state index in [0.29, 0.717) is 19.1 Å². The monoisotopic (exact) mass is 343 g/mol. The maximum absolute atomic E-state index is 12.6. The van der Waals surface area contributed by atoms with E-state index in [-0.39, 0.29) is 12.0 Å². The van der Waals surface area contributed by atoms with E-state index < -0.39 is 0 Å². The lowest BCUT2D eigenvalue weighted by Crippen LogP contribution is -2.44. The van der Waals surface area contributed by atoms with Gasteiger partial charge in [-0.05, 0) is 30.4 Å². The third-order valence-electron chi connectivity index (χ3n) is 5.84. The fourth-order valence-corrected chi connectivity index (χ4v) is 4.42. The average molecular weight is 343 g/mol. The van der Waals surface area contributed by atoms with E-state index >= 15 is 0 Å². The summed E-state index contributed by atoms with van der Waals surface area (Å²) in [6, 6.07) is 9.43. The van der Waals surface area contributed by atoms with Crippen LogP contribution in [0.25, 0.3) is 0 Å². The Hall–Kier alpha value is -1.43. The quantitative estimate of drug-likeness (QED) is 0.892. The van der Waals surface area contributed by atoms with Crippen molar-refractivity contribution in [3.8, 4) is 0 Å². The second-order valence-corrected chi connectivity index (χ2v) is 7.50. The topological polar surface area (TPSA) is 44.8 Å². The molecule has 0 aromatic heterocycles. The minimum Gasteiger partial charge on any atom is -0.375 e. The Bertz CT molecular complexity index is 575. The first-order valence-corrected chi connectivity index (χ1v) is 9.70. The van der Waals surface area contributed by atoms with Crippen LogP contribution in [0.2, 0.25) is 0 Å². The van der Waals surface area contributed by atoms with E-state index in [0.717, 1.165) is 58.5 Å². The van der Waals surface area contributed by atoms with Crippen LogP contribution >= 0.6 is 0 Å². The Balaban J connectivity index is 1.29.